The van der Waals surface area contributed by atoms with Crippen molar-refractivity contribution in [1.29, 1.82) is 0 Å². The fourth-order valence-electron chi connectivity index (χ4n) is 1.91. The molecule has 0 aliphatic carbocycles. The van der Waals surface area contributed by atoms with Crippen LogP contribution in [-0.4, -0.2) is 0 Å². The van der Waals surface area contributed by atoms with Gasteiger partial charge in [0, 0.05) is 5.02 Å². The van der Waals surface area contributed by atoms with E-state index in [4.69, 9.17) is 11.6 Å². The number of aryl methyl sites for hydroxylation is 2. The van der Waals surface area contributed by atoms with Gasteiger partial charge in [-0.25, -0.2) is 4.39 Å². The minimum Gasteiger partial charge on any atom is -0.207 e. The maximum atomic E-state index is 13.4. The predicted octanol–water partition coefficient (Wildman–Crippen LogP) is 5.58. The molecule has 1 atom stereocenters. The van der Waals surface area contributed by atoms with Crippen molar-refractivity contribution >= 4 is 27.5 Å². The van der Waals surface area contributed by atoms with E-state index in [9.17, 15) is 4.39 Å². The second-order valence-electron chi connectivity index (χ2n) is 4.34. The third kappa shape index (κ3) is 2.60. The molecule has 2 rings (SSSR count). The van der Waals surface area contributed by atoms with Crippen LogP contribution in [-0.2, 0) is 0 Å². The molecule has 1 unspecified atom stereocenters. The van der Waals surface area contributed by atoms with Crippen molar-refractivity contribution in [2.75, 3.05) is 0 Å². The fraction of sp³-hybridized carbons (Fsp3) is 0.200. The molecule has 0 saturated heterocycles. The Balaban J connectivity index is 2.50. The van der Waals surface area contributed by atoms with Gasteiger partial charge in [-0.1, -0.05) is 57.9 Å². The molecular formula is C15H13BrClF. The highest BCUT2D eigenvalue weighted by molar-refractivity contribution is 9.09. The first-order valence-corrected chi connectivity index (χ1v) is 6.95. The van der Waals surface area contributed by atoms with Gasteiger partial charge >= 0.3 is 0 Å². The lowest BCUT2D eigenvalue weighted by Crippen LogP contribution is -1.98. The minimum absolute atomic E-state index is 0.0227. The van der Waals surface area contributed by atoms with E-state index in [-0.39, 0.29) is 10.6 Å². The molecule has 0 radical (unpaired) electrons. The van der Waals surface area contributed by atoms with Crippen LogP contribution in [0.4, 0.5) is 4.39 Å². The fourth-order valence-corrected chi connectivity index (χ4v) is 3.20. The van der Waals surface area contributed by atoms with Crippen LogP contribution < -0.4 is 0 Å². The number of halogens is 3. The average molecular weight is 328 g/mol. The highest BCUT2D eigenvalue weighted by Gasteiger charge is 2.17. The Bertz CT molecular complexity index is 581. The molecule has 94 valence electrons. The normalized spacial score (nSPS) is 12.5. The van der Waals surface area contributed by atoms with E-state index in [1.807, 2.05) is 31.2 Å². The van der Waals surface area contributed by atoms with Crippen LogP contribution in [0.15, 0.2) is 36.4 Å². The second kappa shape index (κ2) is 5.41. The van der Waals surface area contributed by atoms with Crippen LogP contribution in [0.3, 0.4) is 0 Å². The van der Waals surface area contributed by atoms with Gasteiger partial charge in [0.1, 0.15) is 5.82 Å². The Morgan fingerprint density at radius 1 is 1.06 bits per heavy atom. The summed E-state index contributed by atoms with van der Waals surface area (Å²) in [4.78, 5) is -0.0227. The molecule has 18 heavy (non-hydrogen) atoms. The standard InChI is InChI=1S/C15H13BrClF/c1-9-5-3-4-6-11(9)15(16)12-7-10(2)14(18)8-13(12)17/h3-8,15H,1-2H3. The zero-order chi connectivity index (χ0) is 13.3. The van der Waals surface area contributed by atoms with Crippen LogP contribution in [0.25, 0.3) is 0 Å². The molecule has 0 aliphatic rings. The predicted molar refractivity (Wildman–Crippen MR) is 78.1 cm³/mol. The molecule has 2 aromatic rings. The monoisotopic (exact) mass is 326 g/mol. The largest absolute Gasteiger partial charge is 0.207 e. The summed E-state index contributed by atoms with van der Waals surface area (Å²) in [7, 11) is 0. The first kappa shape index (κ1) is 13.6. The highest BCUT2D eigenvalue weighted by atomic mass is 79.9. The van der Waals surface area contributed by atoms with Crippen molar-refractivity contribution in [3.05, 3.63) is 69.5 Å². The molecule has 0 nitrogen and oxygen atoms in total. The van der Waals surface area contributed by atoms with Gasteiger partial charge in [0.15, 0.2) is 0 Å². The van der Waals surface area contributed by atoms with Gasteiger partial charge in [0.25, 0.3) is 0 Å². The van der Waals surface area contributed by atoms with Gasteiger partial charge in [-0.15, -0.1) is 0 Å². The molecule has 0 spiro atoms. The summed E-state index contributed by atoms with van der Waals surface area (Å²) in [5.74, 6) is -0.270. The number of alkyl halides is 1. The Morgan fingerprint density at radius 3 is 2.39 bits per heavy atom. The molecule has 0 amide bonds. The number of benzene rings is 2. The average Bonchev–Trinajstić information content (AvgIpc) is 2.33. The summed E-state index contributed by atoms with van der Waals surface area (Å²) in [5.41, 5.74) is 3.82. The summed E-state index contributed by atoms with van der Waals surface area (Å²) >= 11 is 9.78. The third-order valence-electron chi connectivity index (χ3n) is 3.01. The summed E-state index contributed by atoms with van der Waals surface area (Å²) in [6.45, 7) is 3.79. The molecule has 0 saturated carbocycles. The van der Waals surface area contributed by atoms with Crippen molar-refractivity contribution in [3.63, 3.8) is 0 Å². The van der Waals surface area contributed by atoms with Gasteiger partial charge in [0.2, 0.25) is 0 Å². The molecule has 0 aromatic heterocycles. The lowest BCUT2D eigenvalue weighted by Gasteiger charge is -2.16. The van der Waals surface area contributed by atoms with Crippen molar-refractivity contribution in [2.45, 2.75) is 18.7 Å². The highest BCUT2D eigenvalue weighted by Crippen LogP contribution is 2.37. The molecular weight excluding hydrogens is 315 g/mol. The number of hydrogen-bond acceptors (Lipinski definition) is 0. The second-order valence-corrected chi connectivity index (χ2v) is 5.66. The molecule has 0 fully saturated rings. The van der Waals surface area contributed by atoms with Crippen LogP contribution >= 0.6 is 27.5 Å². The first-order chi connectivity index (χ1) is 8.50. The van der Waals surface area contributed by atoms with Gasteiger partial charge in [-0.05, 0) is 42.2 Å². The Labute approximate surface area is 120 Å². The smallest absolute Gasteiger partial charge is 0.127 e. The van der Waals surface area contributed by atoms with Crippen LogP contribution in [0, 0.1) is 19.7 Å². The van der Waals surface area contributed by atoms with Gasteiger partial charge in [-0.3, -0.25) is 0 Å². The Kier molecular flexibility index (Phi) is 4.08. The molecule has 0 bridgehead atoms. The van der Waals surface area contributed by atoms with E-state index in [1.165, 1.54) is 11.6 Å². The molecule has 2 aromatic carbocycles. The summed E-state index contributed by atoms with van der Waals surface area (Å²) in [6.07, 6.45) is 0. The van der Waals surface area contributed by atoms with Gasteiger partial charge in [-0.2, -0.15) is 0 Å². The van der Waals surface area contributed by atoms with Crippen molar-refractivity contribution < 1.29 is 4.39 Å². The Morgan fingerprint density at radius 2 is 1.72 bits per heavy atom. The summed E-state index contributed by atoms with van der Waals surface area (Å²) in [6, 6.07) is 11.2. The molecule has 0 N–H and O–H groups in total. The SMILES string of the molecule is Cc1cc(C(Br)c2ccccc2C)c(Cl)cc1F. The van der Waals surface area contributed by atoms with Crippen LogP contribution in [0.1, 0.15) is 27.1 Å². The molecule has 3 heteroatoms. The zero-order valence-electron chi connectivity index (χ0n) is 10.2. The lowest BCUT2D eigenvalue weighted by molar-refractivity contribution is 0.618. The summed E-state index contributed by atoms with van der Waals surface area (Å²) < 4.78 is 13.4. The van der Waals surface area contributed by atoms with E-state index in [2.05, 4.69) is 15.9 Å². The minimum atomic E-state index is -0.270. The topological polar surface area (TPSA) is 0 Å². The van der Waals surface area contributed by atoms with Gasteiger partial charge in [0.05, 0.1) is 4.83 Å². The van der Waals surface area contributed by atoms with Crippen molar-refractivity contribution in [2.24, 2.45) is 0 Å². The van der Waals surface area contributed by atoms with Gasteiger partial charge < -0.3 is 0 Å². The van der Waals surface area contributed by atoms with Crippen LogP contribution in [0.2, 0.25) is 5.02 Å². The van der Waals surface area contributed by atoms with E-state index in [1.54, 1.807) is 13.0 Å². The first-order valence-electron chi connectivity index (χ1n) is 5.66. The van der Waals surface area contributed by atoms with E-state index >= 15 is 0 Å². The number of hydrogen-bond donors (Lipinski definition) is 0. The molecule has 0 heterocycles. The maximum absolute atomic E-state index is 13.4. The zero-order valence-corrected chi connectivity index (χ0v) is 12.5. The van der Waals surface area contributed by atoms with E-state index < -0.39 is 0 Å². The lowest BCUT2D eigenvalue weighted by atomic mass is 9.99. The third-order valence-corrected chi connectivity index (χ3v) is 4.33. The maximum Gasteiger partial charge on any atom is 0.127 e. The Hall–Kier alpha value is -0.860. The molecule has 0 aliphatic heterocycles. The number of rotatable bonds is 2. The van der Waals surface area contributed by atoms with E-state index in [0.29, 0.717) is 10.6 Å². The van der Waals surface area contributed by atoms with Crippen LogP contribution in [0.5, 0.6) is 0 Å². The van der Waals surface area contributed by atoms with E-state index in [0.717, 1.165) is 11.1 Å². The quantitative estimate of drug-likeness (QED) is 0.632. The van der Waals surface area contributed by atoms with Crippen molar-refractivity contribution in [3.8, 4) is 0 Å². The summed E-state index contributed by atoms with van der Waals surface area (Å²) in [5, 5.41) is 0.447. The van der Waals surface area contributed by atoms with Crippen molar-refractivity contribution in [1.82, 2.24) is 0 Å².